The first-order valence-electron chi connectivity index (χ1n) is 5.72. The van der Waals surface area contributed by atoms with Crippen LogP contribution in [0.4, 0.5) is 0 Å². The van der Waals surface area contributed by atoms with Gasteiger partial charge in [-0.1, -0.05) is 26.2 Å². The molecule has 0 aromatic rings. The quantitative estimate of drug-likeness (QED) is 0.571. The van der Waals surface area contributed by atoms with Gasteiger partial charge >= 0.3 is 5.97 Å². The zero-order valence-electron chi connectivity index (χ0n) is 9.66. The number of ether oxygens (including phenoxy) is 1. The second-order valence-corrected chi connectivity index (χ2v) is 4.29. The molecule has 0 aliphatic heterocycles. The molecule has 0 radical (unpaired) electrons. The third-order valence-corrected chi connectivity index (χ3v) is 3.21. The predicted octanol–water partition coefficient (Wildman–Crippen LogP) is 2.09. The summed E-state index contributed by atoms with van der Waals surface area (Å²) in [4.78, 5) is 10.8. The Kier molecular flexibility index (Phi) is 5.22. The van der Waals surface area contributed by atoms with E-state index < -0.39 is 0 Å². The van der Waals surface area contributed by atoms with Gasteiger partial charge in [-0.15, -0.1) is 0 Å². The number of carbonyl (C=O) groups excluding carboxylic acids is 1. The van der Waals surface area contributed by atoms with E-state index in [0.29, 0.717) is 0 Å². The first-order valence-corrected chi connectivity index (χ1v) is 5.72. The molecule has 1 fully saturated rings. The Hall–Kier alpha value is -0.990. The lowest BCUT2D eigenvalue weighted by molar-refractivity contribution is -0.134. The summed E-state index contributed by atoms with van der Waals surface area (Å²) in [7, 11) is 1.38. The van der Waals surface area contributed by atoms with Gasteiger partial charge in [-0.05, 0) is 18.3 Å². The second kappa shape index (κ2) is 6.49. The molecule has 2 unspecified atom stereocenters. The van der Waals surface area contributed by atoms with E-state index in [9.17, 15) is 4.79 Å². The largest absolute Gasteiger partial charge is 0.466 e. The fourth-order valence-corrected chi connectivity index (χ4v) is 2.11. The number of rotatable bonds is 4. The van der Waals surface area contributed by atoms with Crippen LogP contribution < -0.4 is 5.32 Å². The lowest BCUT2D eigenvalue weighted by Gasteiger charge is -2.28. The molecule has 0 aromatic heterocycles. The van der Waals surface area contributed by atoms with Gasteiger partial charge in [-0.2, -0.15) is 0 Å². The van der Waals surface area contributed by atoms with E-state index >= 15 is 0 Å². The highest BCUT2D eigenvalue weighted by atomic mass is 16.5. The minimum absolute atomic E-state index is 0.306. The summed E-state index contributed by atoms with van der Waals surface area (Å²) in [6.45, 7) is 3.28. The van der Waals surface area contributed by atoms with Crippen molar-refractivity contribution >= 4 is 5.97 Å². The van der Waals surface area contributed by atoms with E-state index in [1.807, 2.05) is 0 Å². The maximum Gasteiger partial charge on any atom is 0.331 e. The molecule has 1 rings (SSSR count). The average Bonchev–Trinajstić information content (AvgIpc) is 2.26. The van der Waals surface area contributed by atoms with Crippen LogP contribution in [0.15, 0.2) is 12.3 Å². The lowest BCUT2D eigenvalue weighted by atomic mass is 9.80. The molecule has 0 saturated heterocycles. The van der Waals surface area contributed by atoms with Crippen molar-refractivity contribution in [3.63, 3.8) is 0 Å². The van der Waals surface area contributed by atoms with Crippen LogP contribution in [0.5, 0.6) is 0 Å². The molecule has 2 atom stereocenters. The molecule has 3 nitrogen and oxygen atoms in total. The topological polar surface area (TPSA) is 38.3 Å². The molecule has 0 bridgehead atoms. The molecule has 86 valence electrons. The van der Waals surface area contributed by atoms with E-state index in [1.165, 1.54) is 38.9 Å². The first kappa shape index (κ1) is 12.1. The van der Waals surface area contributed by atoms with Gasteiger partial charge in [0.25, 0.3) is 0 Å². The molecule has 3 heteroatoms. The summed E-state index contributed by atoms with van der Waals surface area (Å²) in [5.41, 5.74) is 0. The fraction of sp³-hybridized carbons (Fsp3) is 0.750. The smallest absolute Gasteiger partial charge is 0.331 e. The van der Waals surface area contributed by atoms with E-state index in [-0.39, 0.29) is 5.97 Å². The maximum absolute atomic E-state index is 10.8. The van der Waals surface area contributed by atoms with Crippen molar-refractivity contribution in [3.05, 3.63) is 12.3 Å². The molecular formula is C12H21NO2. The molecule has 1 saturated carbocycles. The molecule has 0 spiro atoms. The number of carbonyl (C=O) groups is 1. The Morgan fingerprint density at radius 2 is 2.20 bits per heavy atom. The minimum atomic E-state index is -0.306. The van der Waals surface area contributed by atoms with Gasteiger partial charge in [0.05, 0.1) is 7.11 Å². The van der Waals surface area contributed by atoms with Gasteiger partial charge in [0.15, 0.2) is 0 Å². The fourth-order valence-electron chi connectivity index (χ4n) is 2.11. The SMILES string of the molecule is COC(=O)/C=C/NCC1CCCCC1C. The molecule has 0 aromatic carbocycles. The van der Waals surface area contributed by atoms with Crippen LogP contribution in [-0.4, -0.2) is 19.6 Å². The Labute approximate surface area is 91.9 Å². The number of hydrogen-bond acceptors (Lipinski definition) is 3. The number of esters is 1. The Bertz CT molecular complexity index is 226. The zero-order valence-corrected chi connectivity index (χ0v) is 9.66. The van der Waals surface area contributed by atoms with E-state index in [2.05, 4.69) is 17.0 Å². The van der Waals surface area contributed by atoms with Crippen LogP contribution >= 0.6 is 0 Å². The van der Waals surface area contributed by atoms with Crippen LogP contribution in [0.25, 0.3) is 0 Å². The average molecular weight is 211 g/mol. The molecule has 1 aliphatic carbocycles. The van der Waals surface area contributed by atoms with Crippen LogP contribution in [0, 0.1) is 11.8 Å². The minimum Gasteiger partial charge on any atom is -0.466 e. The third-order valence-electron chi connectivity index (χ3n) is 3.21. The second-order valence-electron chi connectivity index (χ2n) is 4.29. The molecule has 0 heterocycles. The molecule has 1 N–H and O–H groups in total. The monoisotopic (exact) mass is 211 g/mol. The van der Waals surface area contributed by atoms with E-state index in [4.69, 9.17) is 0 Å². The number of methoxy groups -OCH3 is 1. The summed E-state index contributed by atoms with van der Waals surface area (Å²) >= 11 is 0. The van der Waals surface area contributed by atoms with Crippen LogP contribution in [0.2, 0.25) is 0 Å². The third kappa shape index (κ3) is 4.36. The number of nitrogens with one attached hydrogen (secondary N) is 1. The summed E-state index contributed by atoms with van der Waals surface area (Å²) in [6, 6.07) is 0. The van der Waals surface area contributed by atoms with Crippen molar-refractivity contribution in [1.82, 2.24) is 5.32 Å². The Morgan fingerprint density at radius 3 is 2.87 bits per heavy atom. The lowest BCUT2D eigenvalue weighted by Crippen LogP contribution is -2.26. The zero-order chi connectivity index (χ0) is 11.1. The summed E-state index contributed by atoms with van der Waals surface area (Å²) in [5.74, 6) is 1.25. The highest BCUT2D eigenvalue weighted by Crippen LogP contribution is 2.28. The van der Waals surface area contributed by atoms with Gasteiger partial charge in [-0.3, -0.25) is 0 Å². The van der Waals surface area contributed by atoms with Crippen molar-refractivity contribution in [2.45, 2.75) is 32.6 Å². The van der Waals surface area contributed by atoms with Crippen molar-refractivity contribution in [2.75, 3.05) is 13.7 Å². The normalized spacial score (nSPS) is 26.5. The van der Waals surface area contributed by atoms with Crippen molar-refractivity contribution < 1.29 is 9.53 Å². The van der Waals surface area contributed by atoms with Gasteiger partial charge in [0, 0.05) is 18.8 Å². The highest BCUT2D eigenvalue weighted by molar-refractivity contribution is 5.81. The van der Waals surface area contributed by atoms with Crippen LogP contribution in [-0.2, 0) is 9.53 Å². The van der Waals surface area contributed by atoms with Gasteiger partial charge in [-0.25, -0.2) is 4.79 Å². The van der Waals surface area contributed by atoms with Crippen molar-refractivity contribution in [1.29, 1.82) is 0 Å². The van der Waals surface area contributed by atoms with E-state index in [0.717, 1.165) is 18.4 Å². The number of hydrogen-bond donors (Lipinski definition) is 1. The van der Waals surface area contributed by atoms with Crippen LogP contribution in [0.3, 0.4) is 0 Å². The first-order chi connectivity index (χ1) is 7.24. The predicted molar refractivity (Wildman–Crippen MR) is 60.3 cm³/mol. The summed E-state index contributed by atoms with van der Waals surface area (Å²) in [5, 5.41) is 3.17. The van der Waals surface area contributed by atoms with Gasteiger partial charge < -0.3 is 10.1 Å². The molecule has 0 amide bonds. The van der Waals surface area contributed by atoms with E-state index in [1.54, 1.807) is 6.20 Å². The standard InChI is InChI=1S/C12H21NO2/c1-10-5-3-4-6-11(10)9-13-8-7-12(14)15-2/h7-8,10-11,13H,3-6,9H2,1-2H3/b8-7+. The Morgan fingerprint density at radius 1 is 1.47 bits per heavy atom. The molecule has 1 aliphatic rings. The Balaban J connectivity index is 2.18. The highest BCUT2D eigenvalue weighted by Gasteiger charge is 2.20. The molecular weight excluding hydrogens is 190 g/mol. The van der Waals surface area contributed by atoms with Gasteiger partial charge in [0.1, 0.15) is 0 Å². The summed E-state index contributed by atoms with van der Waals surface area (Å²) in [6.07, 6.45) is 8.47. The summed E-state index contributed by atoms with van der Waals surface area (Å²) < 4.78 is 4.50. The van der Waals surface area contributed by atoms with Gasteiger partial charge in [0.2, 0.25) is 0 Å². The molecule has 15 heavy (non-hydrogen) atoms. The van der Waals surface area contributed by atoms with Crippen LogP contribution in [0.1, 0.15) is 32.6 Å². The van der Waals surface area contributed by atoms with Crippen molar-refractivity contribution in [2.24, 2.45) is 11.8 Å². The van der Waals surface area contributed by atoms with Crippen molar-refractivity contribution in [3.8, 4) is 0 Å². The maximum atomic E-state index is 10.8.